The third kappa shape index (κ3) is 3.29. The van der Waals surface area contributed by atoms with E-state index >= 15 is 0 Å². The van der Waals surface area contributed by atoms with Gasteiger partial charge in [-0.25, -0.2) is 4.98 Å². The highest BCUT2D eigenvalue weighted by atomic mass is 15.2. The summed E-state index contributed by atoms with van der Waals surface area (Å²) in [6.45, 7) is 9.38. The number of likely N-dealkylation sites (tertiary alicyclic amines) is 1. The molecule has 2 atom stereocenters. The van der Waals surface area contributed by atoms with Gasteiger partial charge in [0, 0.05) is 0 Å². The summed E-state index contributed by atoms with van der Waals surface area (Å²) in [7, 11) is 0. The van der Waals surface area contributed by atoms with E-state index in [1.807, 2.05) is 0 Å². The van der Waals surface area contributed by atoms with Crippen LogP contribution in [0.5, 0.6) is 0 Å². The van der Waals surface area contributed by atoms with E-state index in [0.717, 1.165) is 28.7 Å². The Morgan fingerprint density at radius 1 is 1.33 bits per heavy atom. The van der Waals surface area contributed by atoms with Gasteiger partial charge >= 0.3 is 0 Å². The standard InChI is InChI=1S/C18H27N3/c1-13(2)8-10-21-11-9-14(3)12-17(21)18-19-15-6-4-5-7-16(15)20-18/h4-7,13-14,17H,8-12H2,1-3H3,(H,19,20)/t14?,17-/m1/s1. The average molecular weight is 285 g/mol. The zero-order chi connectivity index (χ0) is 14.8. The predicted octanol–water partition coefficient (Wildman–Crippen LogP) is 4.38. The van der Waals surface area contributed by atoms with Crippen LogP contribution in [0.3, 0.4) is 0 Å². The molecule has 1 fully saturated rings. The van der Waals surface area contributed by atoms with Crippen molar-refractivity contribution >= 4 is 11.0 Å². The minimum Gasteiger partial charge on any atom is -0.341 e. The number of benzene rings is 1. The molecule has 21 heavy (non-hydrogen) atoms. The van der Waals surface area contributed by atoms with E-state index in [9.17, 15) is 0 Å². The van der Waals surface area contributed by atoms with Crippen molar-refractivity contribution < 1.29 is 0 Å². The lowest BCUT2D eigenvalue weighted by atomic mass is 9.91. The van der Waals surface area contributed by atoms with Gasteiger partial charge in [0.25, 0.3) is 0 Å². The topological polar surface area (TPSA) is 31.9 Å². The molecular formula is C18H27N3. The maximum atomic E-state index is 4.85. The molecule has 3 rings (SSSR count). The van der Waals surface area contributed by atoms with Crippen LogP contribution in [0.2, 0.25) is 0 Å². The van der Waals surface area contributed by atoms with E-state index in [2.05, 4.69) is 54.9 Å². The Morgan fingerprint density at radius 2 is 2.14 bits per heavy atom. The van der Waals surface area contributed by atoms with Gasteiger partial charge in [-0.1, -0.05) is 32.9 Å². The van der Waals surface area contributed by atoms with Crippen molar-refractivity contribution in [2.24, 2.45) is 11.8 Å². The van der Waals surface area contributed by atoms with Crippen LogP contribution in [0.4, 0.5) is 0 Å². The van der Waals surface area contributed by atoms with Gasteiger partial charge in [0.05, 0.1) is 17.1 Å². The smallest absolute Gasteiger partial charge is 0.124 e. The van der Waals surface area contributed by atoms with Crippen LogP contribution in [0.15, 0.2) is 24.3 Å². The highest BCUT2D eigenvalue weighted by molar-refractivity contribution is 5.74. The van der Waals surface area contributed by atoms with Crippen LogP contribution in [0, 0.1) is 11.8 Å². The molecule has 1 N–H and O–H groups in total. The number of rotatable bonds is 4. The van der Waals surface area contributed by atoms with Crippen LogP contribution >= 0.6 is 0 Å². The SMILES string of the molecule is CC(C)CCN1CCC(C)C[C@@H]1c1nc2ccccc2[nH]1. The molecule has 1 aromatic heterocycles. The van der Waals surface area contributed by atoms with E-state index in [0.29, 0.717) is 6.04 Å². The Balaban J connectivity index is 1.83. The normalized spacial score (nSPS) is 24.0. The first-order valence-corrected chi connectivity index (χ1v) is 8.32. The second kappa shape index (κ2) is 6.18. The lowest BCUT2D eigenvalue weighted by Crippen LogP contribution is -2.37. The summed E-state index contributed by atoms with van der Waals surface area (Å²) in [5.74, 6) is 2.71. The lowest BCUT2D eigenvalue weighted by Gasteiger charge is -2.37. The third-order valence-electron chi connectivity index (χ3n) is 4.69. The number of hydrogen-bond acceptors (Lipinski definition) is 2. The lowest BCUT2D eigenvalue weighted by molar-refractivity contribution is 0.107. The van der Waals surface area contributed by atoms with E-state index in [1.165, 1.54) is 32.4 Å². The van der Waals surface area contributed by atoms with Gasteiger partial charge in [0.1, 0.15) is 5.82 Å². The Bertz CT molecular complexity index is 554. The third-order valence-corrected chi connectivity index (χ3v) is 4.69. The number of H-pyrrole nitrogens is 1. The first-order valence-electron chi connectivity index (χ1n) is 8.32. The van der Waals surface area contributed by atoms with E-state index < -0.39 is 0 Å². The Hall–Kier alpha value is -1.35. The van der Waals surface area contributed by atoms with Crippen molar-refractivity contribution in [1.29, 1.82) is 0 Å². The summed E-state index contributed by atoms with van der Waals surface area (Å²) in [6.07, 6.45) is 3.80. The summed E-state index contributed by atoms with van der Waals surface area (Å²) in [5.41, 5.74) is 2.25. The molecule has 1 aliphatic heterocycles. The summed E-state index contributed by atoms with van der Waals surface area (Å²) < 4.78 is 0. The number of imidazole rings is 1. The molecule has 1 unspecified atom stereocenters. The fourth-order valence-corrected chi connectivity index (χ4v) is 3.30. The number of nitrogens with zero attached hydrogens (tertiary/aromatic N) is 2. The van der Waals surface area contributed by atoms with Crippen molar-refractivity contribution in [3.05, 3.63) is 30.1 Å². The summed E-state index contributed by atoms with van der Waals surface area (Å²) in [4.78, 5) is 11.0. The molecular weight excluding hydrogens is 258 g/mol. The van der Waals surface area contributed by atoms with Crippen molar-refractivity contribution in [3.8, 4) is 0 Å². The number of aromatic amines is 1. The molecule has 114 valence electrons. The molecule has 2 heterocycles. The molecule has 1 aliphatic rings. The zero-order valence-corrected chi connectivity index (χ0v) is 13.5. The van der Waals surface area contributed by atoms with Crippen LogP contribution in [0.25, 0.3) is 11.0 Å². The number of piperidine rings is 1. The zero-order valence-electron chi connectivity index (χ0n) is 13.5. The van der Waals surface area contributed by atoms with Gasteiger partial charge in [0.15, 0.2) is 0 Å². The minimum absolute atomic E-state index is 0.458. The van der Waals surface area contributed by atoms with Crippen LogP contribution in [-0.2, 0) is 0 Å². The quantitative estimate of drug-likeness (QED) is 0.904. The van der Waals surface area contributed by atoms with Gasteiger partial charge in [-0.2, -0.15) is 0 Å². The highest BCUT2D eigenvalue weighted by Crippen LogP contribution is 2.33. The van der Waals surface area contributed by atoms with Crippen LogP contribution in [-0.4, -0.2) is 28.0 Å². The Kier molecular flexibility index (Phi) is 4.29. The van der Waals surface area contributed by atoms with Crippen molar-refractivity contribution in [2.45, 2.75) is 46.1 Å². The molecule has 0 spiro atoms. The maximum absolute atomic E-state index is 4.85. The summed E-state index contributed by atoms with van der Waals surface area (Å²) >= 11 is 0. The van der Waals surface area contributed by atoms with Gasteiger partial charge in [-0.05, 0) is 56.3 Å². The van der Waals surface area contributed by atoms with Crippen molar-refractivity contribution in [1.82, 2.24) is 14.9 Å². The number of nitrogens with one attached hydrogen (secondary N) is 1. The van der Waals surface area contributed by atoms with Crippen LogP contribution < -0.4 is 0 Å². The molecule has 1 saturated heterocycles. The first-order chi connectivity index (χ1) is 10.1. The minimum atomic E-state index is 0.458. The first kappa shape index (κ1) is 14.6. The van der Waals surface area contributed by atoms with Crippen LogP contribution in [0.1, 0.15) is 51.9 Å². The number of para-hydroxylation sites is 2. The van der Waals surface area contributed by atoms with Crippen molar-refractivity contribution in [3.63, 3.8) is 0 Å². The molecule has 0 radical (unpaired) electrons. The molecule has 3 nitrogen and oxygen atoms in total. The summed E-state index contributed by atoms with van der Waals surface area (Å²) in [5, 5.41) is 0. The monoisotopic (exact) mass is 285 g/mol. The maximum Gasteiger partial charge on any atom is 0.124 e. The Morgan fingerprint density at radius 3 is 2.90 bits per heavy atom. The molecule has 0 aliphatic carbocycles. The van der Waals surface area contributed by atoms with E-state index in [4.69, 9.17) is 4.98 Å². The largest absolute Gasteiger partial charge is 0.341 e. The predicted molar refractivity (Wildman–Crippen MR) is 88.3 cm³/mol. The molecule has 3 heteroatoms. The Labute approximate surface area is 127 Å². The van der Waals surface area contributed by atoms with E-state index in [-0.39, 0.29) is 0 Å². The summed E-state index contributed by atoms with van der Waals surface area (Å²) in [6, 6.07) is 8.81. The average Bonchev–Trinajstić information content (AvgIpc) is 2.89. The highest BCUT2D eigenvalue weighted by Gasteiger charge is 2.29. The number of aromatic nitrogens is 2. The van der Waals surface area contributed by atoms with Gasteiger partial charge in [-0.15, -0.1) is 0 Å². The van der Waals surface area contributed by atoms with E-state index in [1.54, 1.807) is 0 Å². The molecule has 1 aromatic carbocycles. The fraction of sp³-hybridized carbons (Fsp3) is 0.611. The molecule has 0 bridgehead atoms. The van der Waals surface area contributed by atoms with Crippen molar-refractivity contribution in [2.75, 3.05) is 13.1 Å². The fourth-order valence-electron chi connectivity index (χ4n) is 3.30. The van der Waals surface area contributed by atoms with Gasteiger partial charge < -0.3 is 4.98 Å². The number of hydrogen-bond donors (Lipinski definition) is 1. The second-order valence-electron chi connectivity index (χ2n) is 7.00. The van der Waals surface area contributed by atoms with Gasteiger partial charge in [0.2, 0.25) is 0 Å². The molecule has 0 amide bonds. The number of fused-ring (bicyclic) bond motifs is 1. The second-order valence-corrected chi connectivity index (χ2v) is 7.00. The molecule has 0 saturated carbocycles. The molecule has 2 aromatic rings. The van der Waals surface area contributed by atoms with Gasteiger partial charge in [-0.3, -0.25) is 4.90 Å².